The van der Waals surface area contributed by atoms with Crippen LogP contribution in [0.5, 0.6) is 0 Å². The number of likely N-dealkylation sites (tertiary alicyclic amines) is 1. The molecule has 0 bridgehead atoms. The Hall–Kier alpha value is -2.46. The van der Waals surface area contributed by atoms with Crippen molar-refractivity contribution < 1.29 is 9.59 Å². The predicted molar refractivity (Wildman–Crippen MR) is 112 cm³/mol. The zero-order valence-corrected chi connectivity index (χ0v) is 17.1. The molecule has 4 nitrogen and oxygen atoms in total. The van der Waals surface area contributed by atoms with Gasteiger partial charge in [-0.25, -0.2) is 0 Å². The molecule has 2 aromatic rings. The van der Waals surface area contributed by atoms with Crippen LogP contribution in [0, 0.1) is 0 Å². The lowest BCUT2D eigenvalue weighted by atomic mass is 9.70. The number of carbonyl (C=O) groups is 2. The van der Waals surface area contributed by atoms with Gasteiger partial charge in [-0.3, -0.25) is 14.5 Å². The van der Waals surface area contributed by atoms with Gasteiger partial charge in [-0.2, -0.15) is 0 Å². The molecule has 0 unspecified atom stereocenters. The topological polar surface area (TPSA) is 49.4 Å². The fourth-order valence-corrected chi connectivity index (χ4v) is 4.11. The Morgan fingerprint density at radius 1 is 1.04 bits per heavy atom. The molecule has 0 spiro atoms. The second kappa shape index (κ2) is 8.70. The molecule has 0 aliphatic carbocycles. The number of Topliss-reactive ketones (excluding diaryl/α,β-unsaturated/α-hetero) is 1. The third kappa shape index (κ3) is 4.50. The Kier molecular flexibility index (Phi) is 6.30. The van der Waals surface area contributed by atoms with E-state index in [-0.39, 0.29) is 23.1 Å². The number of ketones is 1. The predicted octanol–water partition coefficient (Wildman–Crippen LogP) is 3.95. The quantitative estimate of drug-likeness (QED) is 0.828. The zero-order chi connectivity index (χ0) is 20.1. The van der Waals surface area contributed by atoms with E-state index in [9.17, 15) is 9.59 Å². The van der Waals surface area contributed by atoms with Crippen molar-refractivity contribution in [1.82, 2.24) is 10.2 Å². The van der Waals surface area contributed by atoms with Gasteiger partial charge >= 0.3 is 0 Å². The third-order valence-corrected chi connectivity index (χ3v) is 5.73. The maximum Gasteiger partial charge on any atom is 0.251 e. The zero-order valence-electron chi connectivity index (χ0n) is 17.1. The van der Waals surface area contributed by atoms with Gasteiger partial charge in [0.25, 0.3) is 5.91 Å². The molecule has 1 saturated heterocycles. The monoisotopic (exact) mass is 378 g/mol. The highest BCUT2D eigenvalue weighted by atomic mass is 16.1. The summed E-state index contributed by atoms with van der Waals surface area (Å²) in [7, 11) is 0. The van der Waals surface area contributed by atoms with E-state index in [0.29, 0.717) is 5.56 Å². The molecule has 1 aliphatic rings. The van der Waals surface area contributed by atoms with Gasteiger partial charge in [-0.1, -0.05) is 42.5 Å². The summed E-state index contributed by atoms with van der Waals surface area (Å²) in [5.41, 5.74) is 2.60. The van der Waals surface area contributed by atoms with Gasteiger partial charge in [0.2, 0.25) is 0 Å². The number of amides is 1. The summed E-state index contributed by atoms with van der Waals surface area (Å²) in [4.78, 5) is 27.2. The molecule has 1 fully saturated rings. The first kappa shape index (κ1) is 20.3. The highest BCUT2D eigenvalue weighted by Crippen LogP contribution is 2.36. The lowest BCUT2D eigenvalue weighted by molar-refractivity contribution is -0.124. The van der Waals surface area contributed by atoms with E-state index in [2.05, 4.69) is 28.4 Å². The maximum absolute atomic E-state index is 12.5. The Morgan fingerprint density at radius 2 is 1.71 bits per heavy atom. The minimum atomic E-state index is -0.364. The molecule has 1 N–H and O–H groups in total. The van der Waals surface area contributed by atoms with Crippen molar-refractivity contribution in [2.45, 2.75) is 51.6 Å². The van der Waals surface area contributed by atoms with Crippen LogP contribution in [0.2, 0.25) is 0 Å². The summed E-state index contributed by atoms with van der Waals surface area (Å²) in [6.45, 7) is 8.19. The molecule has 3 rings (SSSR count). The first-order valence-corrected chi connectivity index (χ1v) is 10.1. The van der Waals surface area contributed by atoms with Crippen LogP contribution in [0.25, 0.3) is 0 Å². The van der Waals surface area contributed by atoms with Crippen molar-refractivity contribution in [3.8, 4) is 0 Å². The van der Waals surface area contributed by atoms with Gasteiger partial charge in [0.15, 0.2) is 0 Å². The first-order chi connectivity index (χ1) is 13.4. The molecule has 4 heteroatoms. The number of hydrogen-bond acceptors (Lipinski definition) is 3. The molecular formula is C24H30N2O2. The lowest BCUT2D eigenvalue weighted by Crippen LogP contribution is -2.46. The van der Waals surface area contributed by atoms with Gasteiger partial charge in [0.05, 0.1) is 5.41 Å². The van der Waals surface area contributed by atoms with Crippen LogP contribution >= 0.6 is 0 Å². The van der Waals surface area contributed by atoms with E-state index in [4.69, 9.17) is 0 Å². The van der Waals surface area contributed by atoms with Gasteiger partial charge in [-0.15, -0.1) is 0 Å². The molecule has 0 saturated carbocycles. The first-order valence-electron chi connectivity index (χ1n) is 10.1. The molecule has 1 heterocycles. The molecular weight excluding hydrogens is 348 g/mol. The number of nitrogens with zero attached hydrogens (tertiary/aromatic N) is 1. The molecule has 1 aliphatic heterocycles. The van der Waals surface area contributed by atoms with Crippen LogP contribution in [0.4, 0.5) is 0 Å². The minimum absolute atomic E-state index is 0.0323. The minimum Gasteiger partial charge on any atom is -0.350 e. The van der Waals surface area contributed by atoms with Gasteiger partial charge in [0, 0.05) is 18.2 Å². The van der Waals surface area contributed by atoms with E-state index in [1.165, 1.54) is 0 Å². The number of nitrogens with one attached hydrogen (secondary N) is 1. The summed E-state index contributed by atoms with van der Waals surface area (Å²) in [6.07, 6.45) is 1.67. The molecule has 0 atom stereocenters. The van der Waals surface area contributed by atoms with Crippen molar-refractivity contribution in [3.63, 3.8) is 0 Å². The van der Waals surface area contributed by atoms with Gasteiger partial charge < -0.3 is 5.32 Å². The van der Waals surface area contributed by atoms with Gasteiger partial charge in [0.1, 0.15) is 5.78 Å². The average molecular weight is 379 g/mol. The van der Waals surface area contributed by atoms with Crippen LogP contribution < -0.4 is 5.32 Å². The Bertz CT molecular complexity index is 822. The SMILES string of the molecule is CC(=O)C1(c2ccccc2)CCN(Cc2cccc(C(=O)NC(C)C)c2)CC1. The summed E-state index contributed by atoms with van der Waals surface area (Å²) >= 11 is 0. The fraction of sp³-hybridized carbons (Fsp3) is 0.417. The Labute approximate surface area is 167 Å². The number of piperidine rings is 1. The van der Waals surface area contributed by atoms with E-state index in [1.54, 1.807) is 6.92 Å². The highest BCUT2D eigenvalue weighted by molar-refractivity contribution is 5.94. The van der Waals surface area contributed by atoms with E-state index < -0.39 is 0 Å². The normalized spacial score (nSPS) is 16.7. The largest absolute Gasteiger partial charge is 0.350 e. The summed E-state index contributed by atoms with van der Waals surface area (Å²) < 4.78 is 0. The highest BCUT2D eigenvalue weighted by Gasteiger charge is 2.40. The second-order valence-corrected chi connectivity index (χ2v) is 8.11. The van der Waals surface area contributed by atoms with Crippen molar-refractivity contribution in [1.29, 1.82) is 0 Å². The van der Waals surface area contributed by atoms with Crippen molar-refractivity contribution in [3.05, 3.63) is 71.3 Å². The van der Waals surface area contributed by atoms with Crippen LogP contribution in [0.15, 0.2) is 54.6 Å². The molecule has 148 valence electrons. The van der Waals surface area contributed by atoms with Crippen LogP contribution in [0.1, 0.15) is 55.1 Å². The fourth-order valence-electron chi connectivity index (χ4n) is 4.11. The Morgan fingerprint density at radius 3 is 2.32 bits per heavy atom. The smallest absolute Gasteiger partial charge is 0.251 e. The number of hydrogen-bond donors (Lipinski definition) is 1. The number of rotatable bonds is 6. The summed E-state index contributed by atoms with van der Waals surface area (Å²) in [5.74, 6) is 0.223. The summed E-state index contributed by atoms with van der Waals surface area (Å²) in [5, 5.41) is 2.94. The van der Waals surface area contributed by atoms with E-state index in [1.807, 2.05) is 50.2 Å². The molecule has 0 aromatic heterocycles. The van der Waals surface area contributed by atoms with Crippen LogP contribution in [-0.2, 0) is 16.8 Å². The summed E-state index contributed by atoms with van der Waals surface area (Å²) in [6, 6.07) is 18.1. The molecule has 2 aromatic carbocycles. The van der Waals surface area contributed by atoms with Crippen molar-refractivity contribution in [2.75, 3.05) is 13.1 Å². The Balaban J connectivity index is 1.67. The average Bonchev–Trinajstić information content (AvgIpc) is 2.69. The number of benzene rings is 2. The van der Waals surface area contributed by atoms with E-state index >= 15 is 0 Å². The van der Waals surface area contributed by atoms with Crippen LogP contribution in [-0.4, -0.2) is 35.7 Å². The van der Waals surface area contributed by atoms with E-state index in [0.717, 1.165) is 43.6 Å². The molecule has 1 amide bonds. The van der Waals surface area contributed by atoms with Crippen molar-refractivity contribution >= 4 is 11.7 Å². The number of carbonyl (C=O) groups excluding carboxylic acids is 2. The third-order valence-electron chi connectivity index (χ3n) is 5.73. The standard InChI is InChI=1S/C24H30N2O2/c1-18(2)25-23(28)21-9-7-8-20(16-21)17-26-14-12-24(13-15-26,19(3)27)22-10-5-4-6-11-22/h4-11,16,18H,12-15,17H2,1-3H3,(H,25,28). The van der Waals surface area contributed by atoms with Crippen LogP contribution in [0.3, 0.4) is 0 Å². The second-order valence-electron chi connectivity index (χ2n) is 8.11. The van der Waals surface area contributed by atoms with Crippen molar-refractivity contribution in [2.24, 2.45) is 0 Å². The lowest BCUT2D eigenvalue weighted by Gasteiger charge is -2.40. The molecule has 0 radical (unpaired) electrons. The molecule has 28 heavy (non-hydrogen) atoms. The maximum atomic E-state index is 12.5. The van der Waals surface area contributed by atoms with Gasteiger partial charge in [-0.05, 0) is 70.0 Å².